The van der Waals surface area contributed by atoms with Crippen molar-refractivity contribution in [3.05, 3.63) is 0 Å². The van der Waals surface area contributed by atoms with Gasteiger partial charge >= 0.3 is 5.97 Å². The first-order chi connectivity index (χ1) is 4.70. The van der Waals surface area contributed by atoms with Crippen molar-refractivity contribution >= 4 is 5.97 Å². The van der Waals surface area contributed by atoms with E-state index in [2.05, 4.69) is 4.74 Å². The number of hydrogen-bond acceptors (Lipinski definition) is 4. The predicted octanol–water partition coefficient (Wildman–Crippen LogP) is -0.850. The highest BCUT2D eigenvalue weighted by atomic mass is 16.5. The normalized spacial score (nSPS) is 10.0. The molecule has 2 N–H and O–H groups in total. The molecule has 0 spiro atoms. The molecule has 0 heterocycles. The summed E-state index contributed by atoms with van der Waals surface area (Å²) in [5.74, 6) is -0.740. The van der Waals surface area contributed by atoms with Gasteiger partial charge in [0.2, 0.25) is 0 Å². The maximum Gasteiger partial charge on any atom is 0.302 e. The van der Waals surface area contributed by atoms with Crippen molar-refractivity contribution in [2.45, 2.75) is 6.92 Å². The molecule has 10 heavy (non-hydrogen) atoms. The van der Waals surface area contributed by atoms with Crippen molar-refractivity contribution in [1.82, 2.24) is 0 Å². The summed E-state index contributed by atoms with van der Waals surface area (Å²) in [6, 6.07) is 0. The molecule has 0 rings (SSSR count). The summed E-state index contributed by atoms with van der Waals surface area (Å²) in [4.78, 5) is 10.2. The van der Waals surface area contributed by atoms with Crippen molar-refractivity contribution in [3.8, 4) is 0 Å². The second-order valence-electron chi connectivity index (χ2n) is 2.03. The fourth-order valence-electron chi connectivity index (χ4n) is 0.398. The molecule has 0 atom stereocenters. The van der Waals surface area contributed by atoms with Crippen LogP contribution in [-0.2, 0) is 9.53 Å². The molecule has 0 bridgehead atoms. The molecular weight excluding hydrogens is 136 g/mol. The van der Waals surface area contributed by atoms with Crippen molar-refractivity contribution in [2.75, 3.05) is 19.8 Å². The van der Waals surface area contributed by atoms with Crippen LogP contribution in [0.15, 0.2) is 0 Å². The molecule has 0 aliphatic heterocycles. The minimum absolute atomic E-state index is 0.0856. The zero-order chi connectivity index (χ0) is 7.98. The summed E-state index contributed by atoms with van der Waals surface area (Å²) in [7, 11) is 0. The van der Waals surface area contributed by atoms with Crippen LogP contribution >= 0.6 is 0 Å². The Morgan fingerprint density at radius 1 is 1.50 bits per heavy atom. The zero-order valence-electron chi connectivity index (χ0n) is 5.91. The van der Waals surface area contributed by atoms with Crippen molar-refractivity contribution in [1.29, 1.82) is 0 Å². The van der Waals surface area contributed by atoms with Crippen LogP contribution in [-0.4, -0.2) is 36.0 Å². The average Bonchev–Trinajstić information content (AvgIpc) is 1.90. The average molecular weight is 148 g/mol. The summed E-state index contributed by atoms with van der Waals surface area (Å²) in [6.07, 6.45) is 0. The van der Waals surface area contributed by atoms with Gasteiger partial charge in [0.25, 0.3) is 0 Å². The van der Waals surface area contributed by atoms with Crippen LogP contribution in [0, 0.1) is 5.92 Å². The lowest BCUT2D eigenvalue weighted by Gasteiger charge is -2.09. The molecule has 0 aromatic heterocycles. The van der Waals surface area contributed by atoms with Gasteiger partial charge in [-0.3, -0.25) is 4.79 Å². The number of aliphatic hydroxyl groups is 2. The van der Waals surface area contributed by atoms with Gasteiger partial charge in [-0.05, 0) is 0 Å². The molecule has 0 saturated heterocycles. The van der Waals surface area contributed by atoms with E-state index in [-0.39, 0.29) is 25.7 Å². The number of carbonyl (C=O) groups excluding carboxylic acids is 1. The molecule has 0 aliphatic carbocycles. The van der Waals surface area contributed by atoms with E-state index in [9.17, 15) is 4.79 Å². The van der Waals surface area contributed by atoms with Gasteiger partial charge in [0.05, 0.1) is 19.8 Å². The van der Waals surface area contributed by atoms with Crippen LogP contribution in [0.3, 0.4) is 0 Å². The van der Waals surface area contributed by atoms with Gasteiger partial charge in [-0.15, -0.1) is 0 Å². The Morgan fingerprint density at radius 3 is 2.30 bits per heavy atom. The Bertz CT molecular complexity index is 97.9. The molecule has 0 aliphatic rings. The minimum Gasteiger partial charge on any atom is -0.465 e. The van der Waals surface area contributed by atoms with Gasteiger partial charge in [-0.2, -0.15) is 0 Å². The Kier molecular flexibility index (Phi) is 4.88. The number of esters is 1. The second-order valence-corrected chi connectivity index (χ2v) is 2.03. The van der Waals surface area contributed by atoms with Crippen LogP contribution in [0.5, 0.6) is 0 Å². The fourth-order valence-corrected chi connectivity index (χ4v) is 0.398. The van der Waals surface area contributed by atoms with Crippen molar-refractivity contribution in [3.63, 3.8) is 0 Å². The highest BCUT2D eigenvalue weighted by Gasteiger charge is 2.06. The topological polar surface area (TPSA) is 66.8 Å². The van der Waals surface area contributed by atoms with Gasteiger partial charge in [0.1, 0.15) is 0 Å². The molecule has 0 aromatic rings. The van der Waals surface area contributed by atoms with Gasteiger partial charge in [0.15, 0.2) is 0 Å². The molecular formula is C6H12O4. The zero-order valence-corrected chi connectivity index (χ0v) is 5.91. The number of aliphatic hydroxyl groups excluding tert-OH is 2. The second kappa shape index (κ2) is 5.20. The Hall–Kier alpha value is -0.610. The Balaban J connectivity index is 3.34. The molecule has 0 unspecified atom stereocenters. The standard InChI is InChI=1S/C6H12O4/c1-5(9)10-4-6(2-7)3-8/h6-8H,2-4H2,1H3. The predicted molar refractivity (Wildman–Crippen MR) is 34.3 cm³/mol. The molecule has 0 radical (unpaired) electrons. The largest absolute Gasteiger partial charge is 0.465 e. The lowest BCUT2D eigenvalue weighted by molar-refractivity contribution is -0.143. The SMILES string of the molecule is CC(=O)OCC(CO)CO. The Morgan fingerprint density at radius 2 is 2.00 bits per heavy atom. The van der Waals surface area contributed by atoms with E-state index >= 15 is 0 Å². The molecule has 4 heteroatoms. The van der Waals surface area contributed by atoms with Gasteiger partial charge < -0.3 is 14.9 Å². The first-order valence-corrected chi connectivity index (χ1v) is 3.05. The van der Waals surface area contributed by atoms with Crippen molar-refractivity contribution < 1.29 is 19.7 Å². The fraction of sp³-hybridized carbons (Fsp3) is 0.833. The third kappa shape index (κ3) is 4.29. The van der Waals surface area contributed by atoms with E-state index in [1.54, 1.807) is 0 Å². The summed E-state index contributed by atoms with van der Waals surface area (Å²) in [6.45, 7) is 1.04. The lowest BCUT2D eigenvalue weighted by atomic mass is 10.2. The van der Waals surface area contributed by atoms with Gasteiger partial charge in [0, 0.05) is 12.8 Å². The summed E-state index contributed by atoms with van der Waals surface area (Å²) in [5.41, 5.74) is 0. The first-order valence-electron chi connectivity index (χ1n) is 3.05. The van der Waals surface area contributed by atoms with Crippen LogP contribution in [0.2, 0.25) is 0 Å². The number of ether oxygens (including phenoxy) is 1. The maximum absolute atomic E-state index is 10.2. The van der Waals surface area contributed by atoms with Crippen LogP contribution in [0.1, 0.15) is 6.92 Å². The van der Waals surface area contributed by atoms with E-state index in [1.165, 1.54) is 6.92 Å². The summed E-state index contributed by atoms with van der Waals surface area (Å²) >= 11 is 0. The smallest absolute Gasteiger partial charge is 0.302 e. The highest BCUT2D eigenvalue weighted by Crippen LogP contribution is 1.93. The number of rotatable bonds is 4. The van der Waals surface area contributed by atoms with Crippen LogP contribution < -0.4 is 0 Å². The van der Waals surface area contributed by atoms with E-state index < -0.39 is 5.97 Å². The lowest BCUT2D eigenvalue weighted by Crippen LogP contribution is -2.19. The van der Waals surface area contributed by atoms with Gasteiger partial charge in [-0.1, -0.05) is 0 Å². The van der Waals surface area contributed by atoms with E-state index in [1.807, 2.05) is 0 Å². The highest BCUT2D eigenvalue weighted by molar-refractivity contribution is 5.65. The maximum atomic E-state index is 10.2. The number of hydrogen-bond donors (Lipinski definition) is 2. The van der Waals surface area contributed by atoms with Crippen LogP contribution in [0.25, 0.3) is 0 Å². The molecule has 0 saturated carbocycles. The quantitative estimate of drug-likeness (QED) is 0.510. The monoisotopic (exact) mass is 148 g/mol. The molecule has 0 fully saturated rings. The third-order valence-corrected chi connectivity index (χ3v) is 1.04. The summed E-state index contributed by atoms with van der Waals surface area (Å²) < 4.78 is 4.53. The molecule has 0 aromatic carbocycles. The molecule has 4 nitrogen and oxygen atoms in total. The van der Waals surface area contributed by atoms with Crippen LogP contribution in [0.4, 0.5) is 0 Å². The van der Waals surface area contributed by atoms with E-state index in [4.69, 9.17) is 10.2 Å². The Labute approximate surface area is 59.4 Å². The van der Waals surface area contributed by atoms with E-state index in [0.29, 0.717) is 0 Å². The van der Waals surface area contributed by atoms with E-state index in [0.717, 1.165) is 0 Å². The minimum atomic E-state index is -0.396. The third-order valence-electron chi connectivity index (χ3n) is 1.04. The van der Waals surface area contributed by atoms with Crippen molar-refractivity contribution in [2.24, 2.45) is 5.92 Å². The number of carbonyl (C=O) groups is 1. The van der Waals surface area contributed by atoms with Gasteiger partial charge in [-0.25, -0.2) is 0 Å². The molecule has 60 valence electrons. The first kappa shape index (κ1) is 9.39. The molecule has 0 amide bonds. The summed E-state index contributed by atoms with van der Waals surface area (Å²) in [5, 5.41) is 17.0.